The van der Waals surface area contributed by atoms with Crippen LogP contribution in [-0.4, -0.2) is 46.9 Å². The Morgan fingerprint density at radius 3 is 2.52 bits per heavy atom. The minimum absolute atomic E-state index is 0.0662. The molecule has 7 nitrogen and oxygen atoms in total. The molecule has 2 fully saturated rings. The molecule has 4 amide bonds. The summed E-state index contributed by atoms with van der Waals surface area (Å²) in [6, 6.07) is 6.37. The molecule has 1 saturated heterocycles. The van der Waals surface area contributed by atoms with Crippen LogP contribution in [0, 0.1) is 0 Å². The molecule has 1 saturated carbocycles. The molecule has 3 rings (SSSR count). The number of carbonyl (C=O) groups excluding carboxylic acids is 3. The fraction of sp³-hybridized carbons (Fsp3) is 0.550. The number of urea groups is 1. The molecule has 1 aromatic rings. The second-order valence-electron chi connectivity index (χ2n) is 8.35. The first kappa shape index (κ1) is 19.2. The SMILES string of the molecule is CC(C)(C)NC(=O)c1cccc(NC(=O)N2CCCC2C(=O)NC2CC2)c1. The Balaban J connectivity index is 1.64. The zero-order valence-corrected chi connectivity index (χ0v) is 16.2. The van der Waals surface area contributed by atoms with E-state index in [4.69, 9.17) is 0 Å². The molecular formula is C20H28N4O3. The van der Waals surface area contributed by atoms with Crippen molar-refractivity contribution in [2.45, 2.75) is 64.1 Å². The molecule has 146 valence electrons. The molecule has 0 radical (unpaired) electrons. The lowest BCUT2D eigenvalue weighted by molar-refractivity contribution is -0.124. The first-order chi connectivity index (χ1) is 12.7. The van der Waals surface area contributed by atoms with Crippen molar-refractivity contribution < 1.29 is 14.4 Å². The third-order valence-electron chi connectivity index (χ3n) is 4.60. The number of rotatable bonds is 4. The highest BCUT2D eigenvalue weighted by molar-refractivity contribution is 5.98. The van der Waals surface area contributed by atoms with Gasteiger partial charge in [-0.3, -0.25) is 9.59 Å². The molecule has 27 heavy (non-hydrogen) atoms. The van der Waals surface area contributed by atoms with Crippen LogP contribution in [0.5, 0.6) is 0 Å². The predicted molar refractivity (Wildman–Crippen MR) is 104 cm³/mol. The van der Waals surface area contributed by atoms with Crippen molar-refractivity contribution >= 4 is 23.5 Å². The van der Waals surface area contributed by atoms with Gasteiger partial charge in [-0.15, -0.1) is 0 Å². The maximum Gasteiger partial charge on any atom is 0.322 e. The van der Waals surface area contributed by atoms with E-state index < -0.39 is 6.04 Å². The van der Waals surface area contributed by atoms with Crippen LogP contribution >= 0.6 is 0 Å². The summed E-state index contributed by atoms with van der Waals surface area (Å²) in [5.74, 6) is -0.259. The second-order valence-corrected chi connectivity index (χ2v) is 8.35. The first-order valence-electron chi connectivity index (χ1n) is 9.53. The molecular weight excluding hydrogens is 344 g/mol. The Hall–Kier alpha value is -2.57. The maximum absolute atomic E-state index is 12.7. The average molecular weight is 372 g/mol. The molecule has 1 unspecified atom stereocenters. The Morgan fingerprint density at radius 1 is 1.11 bits per heavy atom. The van der Waals surface area contributed by atoms with Crippen LogP contribution in [0.1, 0.15) is 56.8 Å². The normalized spacial score (nSPS) is 19.5. The van der Waals surface area contributed by atoms with E-state index >= 15 is 0 Å². The number of hydrogen-bond acceptors (Lipinski definition) is 3. The Kier molecular flexibility index (Phi) is 5.39. The van der Waals surface area contributed by atoms with Crippen LogP contribution in [0.15, 0.2) is 24.3 Å². The minimum atomic E-state index is -0.419. The van der Waals surface area contributed by atoms with Gasteiger partial charge in [-0.05, 0) is 64.7 Å². The van der Waals surface area contributed by atoms with Crippen molar-refractivity contribution in [2.24, 2.45) is 0 Å². The van der Waals surface area contributed by atoms with E-state index in [0.717, 1.165) is 19.3 Å². The number of carbonyl (C=O) groups is 3. The lowest BCUT2D eigenvalue weighted by atomic mass is 10.1. The smallest absolute Gasteiger partial charge is 0.322 e. The second kappa shape index (κ2) is 7.58. The van der Waals surface area contributed by atoms with Gasteiger partial charge in [0.05, 0.1) is 0 Å². The summed E-state index contributed by atoms with van der Waals surface area (Å²) in [7, 11) is 0. The first-order valence-corrected chi connectivity index (χ1v) is 9.53. The van der Waals surface area contributed by atoms with Crippen LogP contribution in [0.25, 0.3) is 0 Å². The van der Waals surface area contributed by atoms with Crippen LogP contribution < -0.4 is 16.0 Å². The monoisotopic (exact) mass is 372 g/mol. The average Bonchev–Trinajstić information content (AvgIpc) is 3.24. The summed E-state index contributed by atoms with van der Waals surface area (Å²) in [5.41, 5.74) is 0.676. The number of anilines is 1. The van der Waals surface area contributed by atoms with Gasteiger partial charge >= 0.3 is 6.03 Å². The Labute approximate surface area is 159 Å². The van der Waals surface area contributed by atoms with Gasteiger partial charge in [0.1, 0.15) is 6.04 Å². The summed E-state index contributed by atoms with van der Waals surface area (Å²) < 4.78 is 0. The van der Waals surface area contributed by atoms with Crippen LogP contribution in [0.2, 0.25) is 0 Å². The third kappa shape index (κ3) is 5.21. The Morgan fingerprint density at radius 2 is 1.85 bits per heavy atom. The van der Waals surface area contributed by atoms with Gasteiger partial charge in [0, 0.05) is 29.4 Å². The summed E-state index contributed by atoms with van der Waals surface area (Å²) in [5, 5.41) is 8.70. The summed E-state index contributed by atoms with van der Waals surface area (Å²) in [4.78, 5) is 38.9. The minimum Gasteiger partial charge on any atom is -0.352 e. The molecule has 7 heteroatoms. The fourth-order valence-electron chi connectivity index (χ4n) is 3.15. The fourth-order valence-corrected chi connectivity index (χ4v) is 3.15. The number of benzene rings is 1. The number of likely N-dealkylation sites (tertiary alicyclic amines) is 1. The van der Waals surface area contributed by atoms with E-state index in [2.05, 4.69) is 16.0 Å². The molecule has 1 aliphatic heterocycles. The van der Waals surface area contributed by atoms with Gasteiger partial charge in [0.15, 0.2) is 0 Å². The van der Waals surface area contributed by atoms with Crippen molar-refractivity contribution in [1.82, 2.24) is 15.5 Å². The highest BCUT2D eigenvalue weighted by atomic mass is 16.2. The number of nitrogens with one attached hydrogen (secondary N) is 3. The summed E-state index contributed by atoms with van der Waals surface area (Å²) in [6.07, 6.45) is 3.53. The molecule has 1 aliphatic carbocycles. The van der Waals surface area contributed by atoms with Gasteiger partial charge in [-0.25, -0.2) is 4.79 Å². The van der Waals surface area contributed by atoms with E-state index in [9.17, 15) is 14.4 Å². The van der Waals surface area contributed by atoms with Crippen molar-refractivity contribution in [3.63, 3.8) is 0 Å². The van der Waals surface area contributed by atoms with E-state index in [1.807, 2.05) is 20.8 Å². The number of nitrogens with zero attached hydrogens (tertiary/aromatic N) is 1. The molecule has 0 bridgehead atoms. The van der Waals surface area contributed by atoms with E-state index in [1.165, 1.54) is 0 Å². The van der Waals surface area contributed by atoms with Crippen molar-refractivity contribution in [3.05, 3.63) is 29.8 Å². The summed E-state index contributed by atoms with van der Waals surface area (Å²) in [6.45, 7) is 6.29. The zero-order chi connectivity index (χ0) is 19.6. The van der Waals surface area contributed by atoms with Crippen LogP contribution in [-0.2, 0) is 4.79 Å². The molecule has 1 atom stereocenters. The summed E-state index contributed by atoms with van der Waals surface area (Å²) >= 11 is 0. The van der Waals surface area contributed by atoms with E-state index in [0.29, 0.717) is 24.2 Å². The van der Waals surface area contributed by atoms with Gasteiger partial charge < -0.3 is 20.9 Å². The van der Waals surface area contributed by atoms with E-state index in [1.54, 1.807) is 29.2 Å². The Bertz CT molecular complexity index is 737. The van der Waals surface area contributed by atoms with Gasteiger partial charge in [-0.2, -0.15) is 0 Å². The maximum atomic E-state index is 12.7. The largest absolute Gasteiger partial charge is 0.352 e. The molecule has 1 aromatic carbocycles. The van der Waals surface area contributed by atoms with Crippen LogP contribution in [0.4, 0.5) is 10.5 Å². The van der Waals surface area contributed by atoms with Crippen molar-refractivity contribution in [1.29, 1.82) is 0 Å². The third-order valence-corrected chi connectivity index (χ3v) is 4.60. The highest BCUT2D eigenvalue weighted by Gasteiger charge is 2.36. The predicted octanol–water partition coefficient (Wildman–Crippen LogP) is 2.49. The van der Waals surface area contributed by atoms with Crippen molar-refractivity contribution in [2.75, 3.05) is 11.9 Å². The lowest BCUT2D eigenvalue weighted by Crippen LogP contribution is -2.48. The molecule has 2 aliphatic rings. The molecule has 1 heterocycles. The molecule has 3 N–H and O–H groups in total. The van der Waals surface area contributed by atoms with Gasteiger partial charge in [0.2, 0.25) is 5.91 Å². The van der Waals surface area contributed by atoms with Crippen LogP contribution in [0.3, 0.4) is 0 Å². The van der Waals surface area contributed by atoms with Crippen molar-refractivity contribution in [3.8, 4) is 0 Å². The standard InChI is InChI=1S/C20H28N4O3/c1-20(2,3)23-17(25)13-6-4-7-15(12-13)22-19(27)24-11-5-8-16(24)18(26)21-14-9-10-14/h4,6-7,12,14,16H,5,8-11H2,1-3H3,(H,21,26)(H,22,27)(H,23,25). The lowest BCUT2D eigenvalue weighted by Gasteiger charge is -2.24. The van der Waals surface area contributed by atoms with Gasteiger partial charge in [0.25, 0.3) is 5.91 Å². The number of amides is 4. The molecule has 0 aromatic heterocycles. The zero-order valence-electron chi connectivity index (χ0n) is 16.2. The molecule has 0 spiro atoms. The van der Waals surface area contributed by atoms with Gasteiger partial charge in [-0.1, -0.05) is 6.07 Å². The van der Waals surface area contributed by atoms with E-state index in [-0.39, 0.29) is 29.4 Å². The highest BCUT2D eigenvalue weighted by Crippen LogP contribution is 2.23. The number of hydrogen-bond donors (Lipinski definition) is 3. The topological polar surface area (TPSA) is 90.5 Å². The quantitative estimate of drug-likeness (QED) is 0.758.